The lowest BCUT2D eigenvalue weighted by atomic mass is 9.61. The van der Waals surface area contributed by atoms with E-state index < -0.39 is 23.9 Å². The molecule has 7 atom stereocenters. The molecule has 31 heavy (non-hydrogen) atoms. The molecule has 4 nitrogen and oxygen atoms in total. The van der Waals surface area contributed by atoms with Crippen LogP contribution in [0.1, 0.15) is 72.6 Å². The molecule has 174 valence electrons. The maximum Gasteiger partial charge on any atom is 0.100 e. The quantitative estimate of drug-likeness (QED) is 0.486. The molecule has 0 aromatic rings. The van der Waals surface area contributed by atoms with E-state index in [1.54, 1.807) is 19.9 Å². The average Bonchev–Trinajstić information content (AvgIpc) is 3.04. The van der Waals surface area contributed by atoms with Crippen LogP contribution in [-0.4, -0.2) is 44.3 Å². The van der Waals surface area contributed by atoms with E-state index in [1.165, 1.54) is 31.3 Å². The Hall–Kier alpha value is -1.20. The Morgan fingerprint density at radius 3 is 2.55 bits per heavy atom. The van der Waals surface area contributed by atoms with Gasteiger partial charge in [-0.3, -0.25) is 0 Å². The molecule has 0 aromatic carbocycles. The van der Waals surface area contributed by atoms with Gasteiger partial charge in [-0.2, -0.15) is 0 Å². The molecule has 3 saturated carbocycles. The van der Waals surface area contributed by atoms with Crippen molar-refractivity contribution in [2.24, 2.45) is 23.2 Å². The number of fused-ring (bicyclic) bond motifs is 1. The van der Waals surface area contributed by atoms with E-state index in [1.807, 2.05) is 0 Å². The first-order valence-corrected chi connectivity index (χ1v) is 12.0. The van der Waals surface area contributed by atoms with E-state index in [4.69, 9.17) is 0 Å². The summed E-state index contributed by atoms with van der Waals surface area (Å²) in [5.41, 5.74) is 2.30. The minimum absolute atomic E-state index is 0.231. The van der Waals surface area contributed by atoms with Crippen LogP contribution in [0, 0.1) is 23.2 Å². The molecule has 3 aliphatic rings. The fraction of sp³-hybridized carbons (Fsp3) is 0.704. The molecule has 0 spiro atoms. The smallest absolute Gasteiger partial charge is 0.100 e. The minimum atomic E-state index is -1.13. The Kier molecular flexibility index (Phi) is 7.37. The van der Waals surface area contributed by atoms with E-state index in [-0.39, 0.29) is 5.41 Å². The molecule has 3 fully saturated rings. The third kappa shape index (κ3) is 5.24. The highest BCUT2D eigenvalue weighted by Gasteiger charge is 2.50. The molecule has 0 aliphatic heterocycles. The predicted molar refractivity (Wildman–Crippen MR) is 125 cm³/mol. The van der Waals surface area contributed by atoms with Gasteiger partial charge in [0.2, 0.25) is 0 Å². The topological polar surface area (TPSA) is 80.9 Å². The average molecular weight is 431 g/mol. The molecule has 0 aromatic heterocycles. The van der Waals surface area contributed by atoms with Crippen molar-refractivity contribution in [1.29, 1.82) is 0 Å². The Balaban J connectivity index is 1.76. The molecule has 4 N–H and O–H groups in total. The fourth-order valence-corrected chi connectivity index (χ4v) is 6.26. The summed E-state index contributed by atoms with van der Waals surface area (Å²) in [6, 6.07) is 0. The zero-order valence-corrected chi connectivity index (χ0v) is 19.7. The standard InChI is InChI=1S/C27H42O4/c1-17(8-13-25(30)26(3,4)31)22-11-12-23-19(7-6-14-27(22,23)5)9-10-20-15-21(28)16-24(29)18(20)2/h8-10,13,17,21-25,28-31H,2,6-7,11-12,14-16H2,1,3-5H3/b13-8+,19-9+,20-10+/t17-,21-,22-,23+,24+,25-,27-/m1/s1. The number of rotatable bonds is 5. The van der Waals surface area contributed by atoms with Gasteiger partial charge in [0.15, 0.2) is 0 Å². The van der Waals surface area contributed by atoms with Gasteiger partial charge in [-0.1, -0.05) is 50.3 Å². The van der Waals surface area contributed by atoms with Gasteiger partial charge in [-0.25, -0.2) is 0 Å². The highest BCUT2D eigenvalue weighted by Crippen LogP contribution is 2.59. The normalized spacial score (nSPS) is 39.3. The molecule has 0 saturated heterocycles. The molecule has 0 unspecified atom stereocenters. The summed E-state index contributed by atoms with van der Waals surface area (Å²) >= 11 is 0. The van der Waals surface area contributed by atoms with E-state index in [9.17, 15) is 20.4 Å². The number of hydrogen-bond donors (Lipinski definition) is 4. The van der Waals surface area contributed by atoms with Crippen LogP contribution in [0.25, 0.3) is 0 Å². The van der Waals surface area contributed by atoms with E-state index in [2.05, 4.69) is 38.7 Å². The summed E-state index contributed by atoms with van der Waals surface area (Å²) in [5.74, 6) is 1.44. The van der Waals surface area contributed by atoms with E-state index >= 15 is 0 Å². The number of hydrogen-bond acceptors (Lipinski definition) is 4. The zero-order chi connectivity index (χ0) is 23.0. The third-order valence-electron chi connectivity index (χ3n) is 8.26. The summed E-state index contributed by atoms with van der Waals surface area (Å²) in [4.78, 5) is 0. The van der Waals surface area contributed by atoms with Crippen molar-refractivity contribution in [3.8, 4) is 0 Å². The fourth-order valence-electron chi connectivity index (χ4n) is 6.26. The summed E-state index contributed by atoms with van der Waals surface area (Å²) in [7, 11) is 0. The Morgan fingerprint density at radius 2 is 1.87 bits per heavy atom. The van der Waals surface area contributed by atoms with Crippen molar-refractivity contribution in [3.05, 3.63) is 47.6 Å². The maximum absolute atomic E-state index is 10.2. The van der Waals surface area contributed by atoms with Gasteiger partial charge in [0, 0.05) is 6.42 Å². The summed E-state index contributed by atoms with van der Waals surface area (Å²) in [5, 5.41) is 40.3. The highest BCUT2D eigenvalue weighted by molar-refractivity contribution is 5.38. The van der Waals surface area contributed by atoms with Crippen LogP contribution in [0.3, 0.4) is 0 Å². The highest BCUT2D eigenvalue weighted by atomic mass is 16.3. The van der Waals surface area contributed by atoms with Crippen LogP contribution < -0.4 is 0 Å². The molecular weight excluding hydrogens is 388 g/mol. The van der Waals surface area contributed by atoms with Crippen LogP contribution in [0.4, 0.5) is 0 Å². The van der Waals surface area contributed by atoms with Gasteiger partial charge in [0.05, 0.1) is 17.8 Å². The van der Waals surface area contributed by atoms with Gasteiger partial charge >= 0.3 is 0 Å². The first-order chi connectivity index (χ1) is 14.4. The zero-order valence-electron chi connectivity index (χ0n) is 19.7. The molecule has 0 radical (unpaired) electrons. The van der Waals surface area contributed by atoms with Gasteiger partial charge < -0.3 is 20.4 Å². The third-order valence-corrected chi connectivity index (χ3v) is 8.26. The van der Waals surface area contributed by atoms with E-state index in [0.29, 0.717) is 30.6 Å². The number of aliphatic hydroxyl groups excluding tert-OH is 3. The largest absolute Gasteiger partial charge is 0.393 e. The molecule has 0 bridgehead atoms. The van der Waals surface area contributed by atoms with Crippen LogP contribution in [0.5, 0.6) is 0 Å². The van der Waals surface area contributed by atoms with Gasteiger partial charge in [0.1, 0.15) is 6.10 Å². The first kappa shape index (κ1) is 24.4. The minimum Gasteiger partial charge on any atom is -0.393 e. The SMILES string of the molecule is C=C1/C(=C/C=C2\CCC[C@]3(C)[C@@H]([C@H](C)/C=C/[C@@H](O)C(C)(C)O)CC[C@@H]23)C[C@@H](O)C[C@@H]1O. The molecule has 0 heterocycles. The Bertz CT molecular complexity index is 756. The second kappa shape index (κ2) is 9.35. The number of aliphatic hydroxyl groups is 4. The monoisotopic (exact) mass is 430 g/mol. The lowest BCUT2D eigenvalue weighted by molar-refractivity contribution is -0.0229. The maximum atomic E-state index is 10.2. The van der Waals surface area contributed by atoms with Crippen molar-refractivity contribution in [3.63, 3.8) is 0 Å². The number of allylic oxidation sites excluding steroid dienone is 4. The molecule has 3 rings (SSSR count). The lowest BCUT2D eigenvalue weighted by Crippen LogP contribution is -2.36. The van der Waals surface area contributed by atoms with E-state index in [0.717, 1.165) is 17.6 Å². The molecular formula is C27H42O4. The second-order valence-electron chi connectivity index (χ2n) is 11.0. The summed E-state index contributed by atoms with van der Waals surface area (Å²) in [6.45, 7) is 12.0. The van der Waals surface area contributed by atoms with Crippen molar-refractivity contribution < 1.29 is 20.4 Å². The summed E-state index contributed by atoms with van der Waals surface area (Å²) < 4.78 is 0. The van der Waals surface area contributed by atoms with Crippen LogP contribution in [-0.2, 0) is 0 Å². The van der Waals surface area contributed by atoms with Gasteiger partial charge in [0.25, 0.3) is 0 Å². The van der Waals surface area contributed by atoms with Crippen molar-refractivity contribution >= 4 is 0 Å². The van der Waals surface area contributed by atoms with Crippen LogP contribution >= 0.6 is 0 Å². The Labute approximate surface area is 188 Å². The van der Waals surface area contributed by atoms with Crippen molar-refractivity contribution in [1.82, 2.24) is 0 Å². The van der Waals surface area contributed by atoms with Crippen LogP contribution in [0.2, 0.25) is 0 Å². The Morgan fingerprint density at radius 1 is 1.16 bits per heavy atom. The second-order valence-corrected chi connectivity index (χ2v) is 11.0. The van der Waals surface area contributed by atoms with Gasteiger partial charge in [-0.05, 0) is 86.7 Å². The van der Waals surface area contributed by atoms with Crippen molar-refractivity contribution in [2.75, 3.05) is 0 Å². The van der Waals surface area contributed by atoms with Crippen molar-refractivity contribution in [2.45, 2.75) is 96.6 Å². The lowest BCUT2D eigenvalue weighted by Gasteiger charge is -2.44. The predicted octanol–water partition coefficient (Wildman–Crippen LogP) is 4.45. The molecule has 0 amide bonds. The first-order valence-electron chi connectivity index (χ1n) is 12.0. The van der Waals surface area contributed by atoms with Crippen LogP contribution in [0.15, 0.2) is 47.6 Å². The molecule has 4 heteroatoms. The van der Waals surface area contributed by atoms with Gasteiger partial charge in [-0.15, -0.1) is 0 Å². The summed E-state index contributed by atoms with van der Waals surface area (Å²) in [6.07, 6.45) is 13.0. The molecule has 3 aliphatic carbocycles.